The van der Waals surface area contributed by atoms with E-state index >= 15 is 0 Å². The van der Waals surface area contributed by atoms with E-state index in [9.17, 15) is 10.1 Å². The Bertz CT molecular complexity index is 871. The molecule has 0 radical (unpaired) electrons. The number of nitrogens with zero attached hydrogens (tertiary/aromatic N) is 1. The summed E-state index contributed by atoms with van der Waals surface area (Å²) < 4.78 is 5.51. The average Bonchev–Trinajstić information content (AvgIpc) is 2.80. The molecule has 0 spiro atoms. The number of carbonyl (C=O) groups is 1. The summed E-state index contributed by atoms with van der Waals surface area (Å²) in [5.41, 5.74) is 3.30. The van der Waals surface area contributed by atoms with Gasteiger partial charge in [0.2, 0.25) is 0 Å². The van der Waals surface area contributed by atoms with E-state index in [-0.39, 0.29) is 0 Å². The Morgan fingerprint density at radius 2 is 1.77 bits per heavy atom. The van der Waals surface area contributed by atoms with Gasteiger partial charge in [0.05, 0.1) is 11.1 Å². The second-order valence-corrected chi connectivity index (χ2v) is 8.52. The van der Waals surface area contributed by atoms with E-state index in [0.717, 1.165) is 17.9 Å². The number of benzene rings is 2. The number of ether oxygens (including phenoxy) is 1. The van der Waals surface area contributed by atoms with Crippen molar-refractivity contribution in [2.24, 2.45) is 5.92 Å². The van der Waals surface area contributed by atoms with E-state index in [1.165, 1.54) is 56.9 Å². The third-order valence-corrected chi connectivity index (χ3v) is 6.46. The van der Waals surface area contributed by atoms with Crippen LogP contribution < -0.4 is 4.74 Å². The van der Waals surface area contributed by atoms with Crippen LogP contribution >= 0.6 is 0 Å². The summed E-state index contributed by atoms with van der Waals surface area (Å²) in [5, 5.41) is 9.34. The first-order chi connectivity index (χ1) is 14.6. The van der Waals surface area contributed by atoms with E-state index in [1.54, 1.807) is 12.1 Å². The van der Waals surface area contributed by atoms with Crippen LogP contribution in [0.25, 0.3) is 0 Å². The SMILES string of the molecule is CCCCCC1CCC(c2ccc(C(=O)Oc3ccc(CC)cc3C#N)cc2)CC1. The summed E-state index contributed by atoms with van der Waals surface area (Å²) in [6, 6.07) is 15.4. The number of hydrogen-bond donors (Lipinski definition) is 0. The van der Waals surface area contributed by atoms with Gasteiger partial charge in [0.1, 0.15) is 11.8 Å². The molecular weight excluding hydrogens is 370 g/mol. The maximum atomic E-state index is 12.6. The minimum absolute atomic E-state index is 0.324. The predicted molar refractivity (Wildman–Crippen MR) is 121 cm³/mol. The van der Waals surface area contributed by atoms with Crippen molar-refractivity contribution < 1.29 is 9.53 Å². The first-order valence-corrected chi connectivity index (χ1v) is 11.5. The first-order valence-electron chi connectivity index (χ1n) is 11.5. The number of nitriles is 1. The van der Waals surface area contributed by atoms with Gasteiger partial charge in [-0.3, -0.25) is 0 Å². The Kier molecular flexibility index (Phi) is 8.08. The highest BCUT2D eigenvalue weighted by atomic mass is 16.5. The van der Waals surface area contributed by atoms with Crippen LogP contribution in [-0.2, 0) is 6.42 Å². The Hall–Kier alpha value is -2.60. The standard InChI is InChI=1S/C27H33NO2/c1-3-5-6-7-21-8-11-22(12-9-21)23-13-15-24(16-14-23)27(29)30-26-17-10-20(4-2)18-25(26)19-28/h10,13-18,21-22H,3-9,11-12H2,1-2H3. The summed E-state index contributed by atoms with van der Waals surface area (Å²) in [7, 11) is 0. The van der Waals surface area contributed by atoms with Gasteiger partial charge in [-0.05, 0) is 79.3 Å². The van der Waals surface area contributed by atoms with E-state index < -0.39 is 5.97 Å². The van der Waals surface area contributed by atoms with Crippen molar-refractivity contribution in [3.05, 3.63) is 64.7 Å². The molecule has 0 amide bonds. The predicted octanol–water partition coefficient (Wildman–Crippen LogP) is 7.19. The zero-order chi connectivity index (χ0) is 21.3. The van der Waals surface area contributed by atoms with E-state index in [2.05, 4.69) is 25.1 Å². The van der Waals surface area contributed by atoms with Crippen LogP contribution in [0.1, 0.15) is 98.2 Å². The van der Waals surface area contributed by atoms with Crippen molar-refractivity contribution >= 4 is 5.97 Å². The molecule has 2 aromatic carbocycles. The lowest BCUT2D eigenvalue weighted by molar-refractivity contribution is 0.0734. The van der Waals surface area contributed by atoms with Crippen molar-refractivity contribution in [2.45, 2.75) is 77.6 Å². The Morgan fingerprint density at radius 3 is 2.40 bits per heavy atom. The second-order valence-electron chi connectivity index (χ2n) is 8.52. The van der Waals surface area contributed by atoms with Gasteiger partial charge in [0.15, 0.2) is 0 Å². The summed E-state index contributed by atoms with van der Waals surface area (Å²) >= 11 is 0. The number of aryl methyl sites for hydroxylation is 1. The van der Waals surface area contributed by atoms with Crippen molar-refractivity contribution in [3.63, 3.8) is 0 Å². The monoisotopic (exact) mass is 403 g/mol. The van der Waals surface area contributed by atoms with Gasteiger partial charge in [-0.2, -0.15) is 5.26 Å². The van der Waals surface area contributed by atoms with E-state index in [1.807, 2.05) is 25.1 Å². The zero-order valence-electron chi connectivity index (χ0n) is 18.3. The lowest BCUT2D eigenvalue weighted by Crippen LogP contribution is -2.14. The van der Waals surface area contributed by atoms with Crippen LogP contribution in [0.15, 0.2) is 42.5 Å². The van der Waals surface area contributed by atoms with Gasteiger partial charge in [-0.25, -0.2) is 4.79 Å². The Balaban J connectivity index is 1.57. The zero-order valence-corrected chi connectivity index (χ0v) is 18.3. The van der Waals surface area contributed by atoms with Crippen LogP contribution in [0.3, 0.4) is 0 Å². The molecule has 3 heteroatoms. The molecule has 3 nitrogen and oxygen atoms in total. The van der Waals surface area contributed by atoms with Crippen molar-refractivity contribution in [1.29, 1.82) is 5.26 Å². The molecule has 0 aliphatic heterocycles. The number of esters is 1. The fourth-order valence-electron chi connectivity index (χ4n) is 4.49. The lowest BCUT2D eigenvalue weighted by Gasteiger charge is -2.29. The normalized spacial score (nSPS) is 18.6. The van der Waals surface area contributed by atoms with Gasteiger partial charge in [-0.1, -0.05) is 57.7 Å². The Morgan fingerprint density at radius 1 is 1.03 bits per heavy atom. The average molecular weight is 404 g/mol. The first kappa shape index (κ1) is 22.1. The molecule has 0 saturated heterocycles. The van der Waals surface area contributed by atoms with Gasteiger partial charge in [0, 0.05) is 0 Å². The third-order valence-electron chi connectivity index (χ3n) is 6.46. The number of carbonyl (C=O) groups excluding carboxylic acids is 1. The number of rotatable bonds is 8. The minimum atomic E-state index is -0.415. The summed E-state index contributed by atoms with van der Waals surface area (Å²) in [6.07, 6.45) is 11.4. The van der Waals surface area contributed by atoms with Gasteiger partial charge < -0.3 is 4.74 Å². The highest BCUT2D eigenvalue weighted by Crippen LogP contribution is 2.37. The van der Waals surface area contributed by atoms with Crippen molar-refractivity contribution in [1.82, 2.24) is 0 Å². The van der Waals surface area contributed by atoms with Crippen LogP contribution in [0.2, 0.25) is 0 Å². The summed E-state index contributed by atoms with van der Waals surface area (Å²) in [6.45, 7) is 4.30. The molecule has 0 unspecified atom stereocenters. The highest BCUT2D eigenvalue weighted by Gasteiger charge is 2.22. The van der Waals surface area contributed by atoms with Crippen LogP contribution in [0, 0.1) is 17.2 Å². The molecule has 3 rings (SSSR count). The summed E-state index contributed by atoms with van der Waals surface area (Å²) in [4.78, 5) is 12.6. The molecule has 1 saturated carbocycles. The van der Waals surface area contributed by atoms with Crippen molar-refractivity contribution in [2.75, 3.05) is 0 Å². The molecule has 1 aliphatic rings. The van der Waals surface area contributed by atoms with Crippen LogP contribution in [0.4, 0.5) is 0 Å². The molecule has 2 aromatic rings. The third kappa shape index (κ3) is 5.72. The minimum Gasteiger partial charge on any atom is -0.422 e. The van der Waals surface area contributed by atoms with E-state index in [4.69, 9.17) is 4.74 Å². The summed E-state index contributed by atoms with van der Waals surface area (Å²) in [5.74, 6) is 1.41. The molecular formula is C27H33NO2. The van der Waals surface area contributed by atoms with Crippen molar-refractivity contribution in [3.8, 4) is 11.8 Å². The smallest absolute Gasteiger partial charge is 0.343 e. The maximum absolute atomic E-state index is 12.6. The fraction of sp³-hybridized carbons (Fsp3) is 0.481. The number of unbranched alkanes of at least 4 members (excludes halogenated alkanes) is 2. The largest absolute Gasteiger partial charge is 0.422 e. The topological polar surface area (TPSA) is 50.1 Å². The van der Waals surface area contributed by atoms with Gasteiger partial charge in [-0.15, -0.1) is 0 Å². The molecule has 0 atom stereocenters. The Labute approximate surface area is 181 Å². The molecule has 0 bridgehead atoms. The molecule has 1 aliphatic carbocycles. The lowest BCUT2D eigenvalue weighted by atomic mass is 9.77. The van der Waals surface area contributed by atoms with Crippen LogP contribution in [0.5, 0.6) is 5.75 Å². The highest BCUT2D eigenvalue weighted by molar-refractivity contribution is 5.91. The quantitative estimate of drug-likeness (QED) is 0.266. The second kappa shape index (κ2) is 11.0. The fourth-order valence-corrected chi connectivity index (χ4v) is 4.49. The van der Waals surface area contributed by atoms with E-state index in [0.29, 0.717) is 22.8 Å². The molecule has 1 fully saturated rings. The van der Waals surface area contributed by atoms with Gasteiger partial charge >= 0.3 is 5.97 Å². The molecule has 158 valence electrons. The molecule has 30 heavy (non-hydrogen) atoms. The molecule has 0 aromatic heterocycles. The van der Waals surface area contributed by atoms with Gasteiger partial charge in [0.25, 0.3) is 0 Å². The molecule has 0 N–H and O–H groups in total. The maximum Gasteiger partial charge on any atom is 0.343 e. The van der Waals surface area contributed by atoms with Crippen LogP contribution in [-0.4, -0.2) is 5.97 Å². The molecule has 0 heterocycles. The number of hydrogen-bond acceptors (Lipinski definition) is 3.